The minimum Gasteiger partial charge on any atom is -0.356 e. The lowest BCUT2D eigenvalue weighted by Gasteiger charge is -2.21. The number of nitrogens with one attached hydrogen (secondary N) is 1. The molecule has 84 valence electrons. The second kappa shape index (κ2) is 5.66. The van der Waals surface area contributed by atoms with Crippen LogP contribution in [-0.4, -0.2) is 29.8 Å². The Hall–Kier alpha value is -1.16. The zero-order valence-electron chi connectivity index (χ0n) is 9.99. The molecule has 0 saturated heterocycles. The summed E-state index contributed by atoms with van der Waals surface area (Å²) in [5.74, 6) is 0.922. The maximum atomic E-state index is 4.19. The van der Waals surface area contributed by atoms with Gasteiger partial charge in [-0.25, -0.2) is 0 Å². The van der Waals surface area contributed by atoms with Crippen LogP contribution in [0.5, 0.6) is 0 Å². The van der Waals surface area contributed by atoms with Crippen LogP contribution >= 0.6 is 0 Å². The van der Waals surface area contributed by atoms with Gasteiger partial charge in [0.05, 0.1) is 5.69 Å². The van der Waals surface area contributed by atoms with E-state index in [2.05, 4.69) is 41.2 Å². The zero-order chi connectivity index (χ0) is 11.3. The summed E-state index contributed by atoms with van der Waals surface area (Å²) in [5, 5.41) is 11.6. The summed E-state index contributed by atoms with van der Waals surface area (Å²) < 4.78 is 0. The fraction of sp³-hybridized carbons (Fsp3) is 0.636. The van der Waals surface area contributed by atoms with Crippen molar-refractivity contribution in [2.24, 2.45) is 0 Å². The van der Waals surface area contributed by atoms with E-state index < -0.39 is 0 Å². The molecule has 0 saturated carbocycles. The lowest BCUT2D eigenvalue weighted by Crippen LogP contribution is -2.27. The normalized spacial score (nSPS) is 10.7. The first-order valence-corrected chi connectivity index (χ1v) is 5.41. The molecule has 4 heteroatoms. The quantitative estimate of drug-likeness (QED) is 0.794. The third-order valence-electron chi connectivity index (χ3n) is 2.40. The molecule has 0 atom stereocenters. The van der Waals surface area contributed by atoms with Crippen LogP contribution in [-0.2, 0) is 6.54 Å². The topological polar surface area (TPSA) is 41.0 Å². The molecule has 1 heterocycles. The molecule has 0 aliphatic rings. The summed E-state index contributed by atoms with van der Waals surface area (Å²) in [6.45, 7) is 8.08. The van der Waals surface area contributed by atoms with Crippen molar-refractivity contribution in [1.29, 1.82) is 0 Å². The van der Waals surface area contributed by atoms with Crippen LogP contribution < -0.4 is 10.2 Å². The number of nitrogens with zero attached hydrogens (tertiary/aromatic N) is 3. The highest BCUT2D eigenvalue weighted by Gasteiger charge is 2.06. The number of hydrogen-bond acceptors (Lipinski definition) is 4. The summed E-state index contributed by atoms with van der Waals surface area (Å²) in [4.78, 5) is 2.10. The van der Waals surface area contributed by atoms with Gasteiger partial charge >= 0.3 is 0 Å². The van der Waals surface area contributed by atoms with Gasteiger partial charge in [0.2, 0.25) is 0 Å². The SMILES string of the molecule is CCNCc1ccc(N(C)C(C)C)nn1. The highest BCUT2D eigenvalue weighted by molar-refractivity contribution is 5.36. The van der Waals surface area contributed by atoms with E-state index in [-0.39, 0.29) is 0 Å². The first-order valence-electron chi connectivity index (χ1n) is 5.41. The van der Waals surface area contributed by atoms with Crippen LogP contribution in [0.4, 0.5) is 5.82 Å². The standard InChI is InChI=1S/C11H20N4/c1-5-12-8-10-6-7-11(14-13-10)15(4)9(2)3/h6-7,9,12H,5,8H2,1-4H3. The Bertz CT molecular complexity index is 281. The largest absolute Gasteiger partial charge is 0.356 e. The first kappa shape index (κ1) is 11.9. The molecule has 0 amide bonds. The molecule has 0 aromatic carbocycles. The lowest BCUT2D eigenvalue weighted by atomic mass is 10.3. The summed E-state index contributed by atoms with van der Waals surface area (Å²) in [6, 6.07) is 4.47. The van der Waals surface area contributed by atoms with E-state index in [1.165, 1.54) is 0 Å². The minimum atomic E-state index is 0.443. The Balaban J connectivity index is 2.63. The van der Waals surface area contributed by atoms with Gasteiger partial charge < -0.3 is 10.2 Å². The van der Waals surface area contributed by atoms with Crippen LogP contribution in [0, 0.1) is 0 Å². The number of aromatic nitrogens is 2. The Morgan fingerprint density at radius 1 is 1.33 bits per heavy atom. The van der Waals surface area contributed by atoms with E-state index in [0.29, 0.717) is 6.04 Å². The van der Waals surface area contributed by atoms with Crippen LogP contribution in [0.3, 0.4) is 0 Å². The van der Waals surface area contributed by atoms with E-state index >= 15 is 0 Å². The second-order valence-corrected chi connectivity index (χ2v) is 3.87. The summed E-state index contributed by atoms with van der Waals surface area (Å²) in [7, 11) is 2.03. The Kier molecular flexibility index (Phi) is 4.49. The number of rotatable bonds is 5. The summed E-state index contributed by atoms with van der Waals surface area (Å²) in [6.07, 6.45) is 0. The number of hydrogen-bond donors (Lipinski definition) is 1. The molecule has 1 aromatic rings. The summed E-state index contributed by atoms with van der Waals surface area (Å²) >= 11 is 0. The van der Waals surface area contributed by atoms with Crippen molar-refractivity contribution in [1.82, 2.24) is 15.5 Å². The number of anilines is 1. The Labute approximate surface area is 91.7 Å². The Morgan fingerprint density at radius 2 is 2.07 bits per heavy atom. The second-order valence-electron chi connectivity index (χ2n) is 3.87. The van der Waals surface area contributed by atoms with Crippen LogP contribution in [0.2, 0.25) is 0 Å². The van der Waals surface area contributed by atoms with Gasteiger partial charge in [-0.2, -0.15) is 5.10 Å². The van der Waals surface area contributed by atoms with Gasteiger partial charge in [-0.05, 0) is 32.5 Å². The molecule has 0 fully saturated rings. The van der Waals surface area contributed by atoms with Crippen LogP contribution in [0.25, 0.3) is 0 Å². The fourth-order valence-electron chi connectivity index (χ4n) is 1.15. The van der Waals surface area contributed by atoms with Gasteiger partial charge in [-0.15, -0.1) is 5.10 Å². The molecule has 1 N–H and O–H groups in total. The van der Waals surface area contributed by atoms with Crippen molar-refractivity contribution in [3.63, 3.8) is 0 Å². The highest BCUT2D eigenvalue weighted by atomic mass is 15.3. The lowest BCUT2D eigenvalue weighted by molar-refractivity contribution is 0.688. The predicted molar refractivity (Wildman–Crippen MR) is 63.0 cm³/mol. The van der Waals surface area contributed by atoms with Gasteiger partial charge in [0.25, 0.3) is 0 Å². The van der Waals surface area contributed by atoms with E-state index in [4.69, 9.17) is 0 Å². The maximum absolute atomic E-state index is 4.19. The molecule has 15 heavy (non-hydrogen) atoms. The minimum absolute atomic E-state index is 0.443. The van der Waals surface area contributed by atoms with Crippen molar-refractivity contribution < 1.29 is 0 Å². The molecule has 4 nitrogen and oxygen atoms in total. The van der Waals surface area contributed by atoms with Crippen molar-refractivity contribution >= 4 is 5.82 Å². The maximum Gasteiger partial charge on any atom is 0.151 e. The monoisotopic (exact) mass is 208 g/mol. The van der Waals surface area contributed by atoms with Crippen LogP contribution in [0.1, 0.15) is 26.5 Å². The third kappa shape index (κ3) is 3.47. The molecule has 0 bridgehead atoms. The molecule has 0 radical (unpaired) electrons. The molecule has 1 rings (SSSR count). The van der Waals surface area contributed by atoms with Crippen molar-refractivity contribution in [2.45, 2.75) is 33.4 Å². The first-order chi connectivity index (χ1) is 7.15. The van der Waals surface area contributed by atoms with Crippen molar-refractivity contribution in [3.05, 3.63) is 17.8 Å². The molecule has 0 spiro atoms. The van der Waals surface area contributed by atoms with Crippen LogP contribution in [0.15, 0.2) is 12.1 Å². The smallest absolute Gasteiger partial charge is 0.151 e. The third-order valence-corrected chi connectivity index (χ3v) is 2.40. The van der Waals surface area contributed by atoms with Gasteiger partial charge in [0, 0.05) is 19.6 Å². The molecular formula is C11H20N4. The zero-order valence-corrected chi connectivity index (χ0v) is 9.99. The van der Waals surface area contributed by atoms with Crippen molar-refractivity contribution in [3.8, 4) is 0 Å². The highest BCUT2D eigenvalue weighted by Crippen LogP contribution is 2.10. The van der Waals surface area contributed by atoms with Gasteiger partial charge in [0.1, 0.15) is 0 Å². The fourth-order valence-corrected chi connectivity index (χ4v) is 1.15. The predicted octanol–water partition coefficient (Wildman–Crippen LogP) is 1.43. The molecule has 0 aliphatic carbocycles. The van der Waals surface area contributed by atoms with Crippen molar-refractivity contribution in [2.75, 3.05) is 18.5 Å². The van der Waals surface area contributed by atoms with Gasteiger partial charge in [-0.3, -0.25) is 0 Å². The molecule has 0 aliphatic heterocycles. The average Bonchev–Trinajstić information content (AvgIpc) is 2.26. The molecule has 0 unspecified atom stereocenters. The van der Waals surface area contributed by atoms with E-state index in [1.54, 1.807) is 0 Å². The molecular weight excluding hydrogens is 188 g/mol. The summed E-state index contributed by atoms with van der Waals surface area (Å²) in [5.41, 5.74) is 0.984. The molecule has 1 aromatic heterocycles. The van der Waals surface area contributed by atoms with E-state index in [9.17, 15) is 0 Å². The van der Waals surface area contributed by atoms with Gasteiger partial charge in [0.15, 0.2) is 5.82 Å². The van der Waals surface area contributed by atoms with E-state index in [0.717, 1.165) is 24.6 Å². The Morgan fingerprint density at radius 3 is 2.53 bits per heavy atom. The average molecular weight is 208 g/mol. The van der Waals surface area contributed by atoms with E-state index in [1.807, 2.05) is 19.2 Å². The van der Waals surface area contributed by atoms with Gasteiger partial charge in [-0.1, -0.05) is 6.92 Å².